The molecule has 0 saturated heterocycles. The average molecular weight is 473 g/mol. The normalized spacial score (nSPS) is 41.8. The maximum Gasteiger partial charge on any atom is 1.00 e. The van der Waals surface area contributed by atoms with E-state index in [4.69, 9.17) is 0 Å². The van der Waals surface area contributed by atoms with Gasteiger partial charge in [0.15, 0.2) is 0 Å². The topological polar surface area (TPSA) is 107 Å². The monoisotopic (exact) mass is 472 g/mol. The molecule has 0 spiro atoms. The second kappa shape index (κ2) is 9.42. The Morgan fingerprint density at radius 2 is 1.59 bits per heavy atom. The van der Waals surface area contributed by atoms with Gasteiger partial charge >= 0.3 is 29.6 Å². The quantitative estimate of drug-likeness (QED) is 0.417. The van der Waals surface area contributed by atoms with Gasteiger partial charge in [-0.1, -0.05) is 18.4 Å². The Kier molecular flexibility index (Phi) is 7.32. The fraction of sp³-hybridized carbons (Fsp3) is 0.826. The first-order chi connectivity index (χ1) is 14.8. The maximum absolute atomic E-state index is 13.8. The summed E-state index contributed by atoms with van der Waals surface area (Å²) in [5.41, 5.74) is 1.23. The van der Waals surface area contributed by atoms with Crippen LogP contribution in [0.25, 0.3) is 0 Å². The van der Waals surface area contributed by atoms with E-state index in [-0.39, 0.29) is 77.3 Å². The van der Waals surface area contributed by atoms with Crippen LogP contribution in [0.2, 0.25) is 0 Å². The van der Waals surface area contributed by atoms with Crippen molar-refractivity contribution >= 4 is 21.8 Å². The predicted octanol–water partition coefficient (Wildman–Crippen LogP) is -1.01. The summed E-state index contributed by atoms with van der Waals surface area (Å²) in [7, 11) is -2.35. The Bertz CT molecular complexity index is 898. The van der Waals surface area contributed by atoms with Crippen LogP contribution in [-0.4, -0.2) is 60.0 Å². The van der Waals surface area contributed by atoms with Crippen molar-refractivity contribution in [3.05, 3.63) is 11.6 Å². The van der Waals surface area contributed by atoms with E-state index in [2.05, 4.69) is 5.32 Å². The van der Waals surface area contributed by atoms with Gasteiger partial charge in [-0.3, -0.25) is 9.59 Å². The van der Waals surface area contributed by atoms with E-state index >= 15 is 0 Å². The summed E-state index contributed by atoms with van der Waals surface area (Å²) in [4.78, 5) is 28.3. The molecule has 1 amide bonds. The van der Waals surface area contributed by atoms with Gasteiger partial charge in [0.2, 0.25) is 5.91 Å². The third kappa shape index (κ3) is 4.29. The number of hydrogen-bond acceptors (Lipinski definition) is 6. The zero-order valence-corrected chi connectivity index (χ0v) is 22.0. The molecule has 0 aromatic heterocycles. The third-order valence-electron chi connectivity index (χ3n) is 8.95. The Morgan fingerprint density at radius 3 is 2.25 bits per heavy atom. The summed E-state index contributed by atoms with van der Waals surface area (Å²) in [6.07, 6.45) is 9.84. The second-order valence-electron chi connectivity index (χ2n) is 10.4. The zero-order valence-electron chi connectivity index (χ0n) is 19.2. The van der Waals surface area contributed by atoms with Gasteiger partial charge in [0.05, 0.1) is 10.1 Å². The number of nitrogens with one attached hydrogen (secondary N) is 1. The minimum absolute atomic E-state index is 0. The first-order valence-electron chi connectivity index (χ1n) is 12.0. The van der Waals surface area contributed by atoms with E-state index in [1.54, 1.807) is 0 Å². The summed E-state index contributed by atoms with van der Waals surface area (Å²) in [6.45, 7) is 0. The van der Waals surface area contributed by atoms with Crippen molar-refractivity contribution in [1.82, 2.24) is 10.2 Å². The molecule has 0 bridgehead atoms. The molecule has 6 atom stereocenters. The van der Waals surface area contributed by atoms with Gasteiger partial charge in [-0.25, -0.2) is 8.42 Å². The predicted molar refractivity (Wildman–Crippen MR) is 114 cm³/mol. The van der Waals surface area contributed by atoms with Crippen LogP contribution in [0.1, 0.15) is 64.2 Å². The van der Waals surface area contributed by atoms with Gasteiger partial charge in [-0.05, 0) is 57.3 Å². The standard InChI is InChI=1S/C23H34N2O5S.Na/c1-25-19-11-10-18(24-13-6-8-14(9-7-13)31(28,29)30)22-21(19)17(12-20(25)26)15-4-2-3-5-16(15)23(22)27;/h12-16,18-19,21-22,24H,2-11H2,1H3,(H,28,29,30);/q;+1/p-1. The van der Waals surface area contributed by atoms with E-state index in [0.29, 0.717) is 31.5 Å². The molecule has 0 radical (unpaired) electrons. The molecule has 32 heavy (non-hydrogen) atoms. The molecular formula is C23H33N2NaO5S. The van der Waals surface area contributed by atoms with Crippen molar-refractivity contribution in [3.8, 4) is 0 Å². The molecule has 7 nitrogen and oxygen atoms in total. The van der Waals surface area contributed by atoms with Crippen molar-refractivity contribution in [2.75, 3.05) is 7.05 Å². The van der Waals surface area contributed by atoms with Crippen LogP contribution in [-0.2, 0) is 19.7 Å². The molecular weight excluding hydrogens is 439 g/mol. The van der Waals surface area contributed by atoms with E-state index < -0.39 is 15.4 Å². The van der Waals surface area contributed by atoms with Gasteiger partial charge < -0.3 is 14.8 Å². The molecule has 1 heterocycles. The molecule has 4 fully saturated rings. The van der Waals surface area contributed by atoms with Crippen molar-refractivity contribution in [2.24, 2.45) is 23.7 Å². The first-order valence-corrected chi connectivity index (χ1v) is 13.5. The zero-order chi connectivity index (χ0) is 21.9. The number of Topliss-reactive ketones (excluding diaryl/α,β-unsaturated/α-hetero) is 1. The molecule has 0 aromatic carbocycles. The van der Waals surface area contributed by atoms with Gasteiger partial charge in [-0.2, -0.15) is 0 Å². The summed E-state index contributed by atoms with van der Waals surface area (Å²) in [5.74, 6) is 0.741. The number of rotatable bonds is 3. The summed E-state index contributed by atoms with van der Waals surface area (Å²) in [6, 6.07) is 0.308. The molecule has 172 valence electrons. The van der Waals surface area contributed by atoms with Crippen LogP contribution in [0.3, 0.4) is 0 Å². The number of nitrogens with zero attached hydrogens (tertiary/aromatic N) is 1. The number of amides is 1. The van der Waals surface area contributed by atoms with Gasteiger partial charge in [0, 0.05) is 54.3 Å². The molecule has 6 unspecified atom stereocenters. The van der Waals surface area contributed by atoms with E-state index in [0.717, 1.165) is 38.5 Å². The number of carbonyl (C=O) groups excluding carboxylic acids is 2. The minimum Gasteiger partial charge on any atom is -0.748 e. The Hall–Kier alpha value is -0.250. The molecule has 4 saturated carbocycles. The van der Waals surface area contributed by atoms with Crippen molar-refractivity contribution in [1.29, 1.82) is 0 Å². The van der Waals surface area contributed by atoms with Crippen LogP contribution in [0.15, 0.2) is 11.6 Å². The largest absolute Gasteiger partial charge is 1.00 e. The molecule has 5 rings (SSSR count). The Morgan fingerprint density at radius 1 is 0.938 bits per heavy atom. The SMILES string of the molecule is CN1C(=O)C=C2C3CCCCC3C(=O)C3C(NC4CCC(S(=O)(=O)[O-])CC4)CCC1C23.[Na+]. The van der Waals surface area contributed by atoms with Crippen LogP contribution < -0.4 is 34.9 Å². The van der Waals surface area contributed by atoms with Crippen LogP contribution in [0.5, 0.6) is 0 Å². The molecule has 1 aliphatic heterocycles. The Balaban J connectivity index is 0.00000245. The number of likely N-dealkylation sites (N-methyl/N-ethyl adjacent to an activating group) is 1. The number of hydrogen-bond donors (Lipinski definition) is 1. The van der Waals surface area contributed by atoms with E-state index in [1.165, 1.54) is 5.57 Å². The van der Waals surface area contributed by atoms with Gasteiger partial charge in [0.1, 0.15) is 5.78 Å². The Labute approximate surface area is 213 Å². The van der Waals surface area contributed by atoms with Crippen molar-refractivity contribution < 1.29 is 52.1 Å². The molecule has 4 aliphatic carbocycles. The maximum atomic E-state index is 13.8. The second-order valence-corrected chi connectivity index (χ2v) is 12.1. The molecule has 1 N–H and O–H groups in total. The summed E-state index contributed by atoms with van der Waals surface area (Å²) >= 11 is 0. The average Bonchev–Trinajstić information content (AvgIpc) is 2.75. The van der Waals surface area contributed by atoms with Gasteiger partial charge in [-0.15, -0.1) is 0 Å². The number of fused-ring (bicyclic) bond motifs is 2. The molecule has 5 aliphatic rings. The third-order valence-corrected chi connectivity index (χ3v) is 10.2. The molecule has 0 aromatic rings. The smallest absolute Gasteiger partial charge is 0.748 e. The van der Waals surface area contributed by atoms with Crippen LogP contribution in [0, 0.1) is 23.7 Å². The van der Waals surface area contributed by atoms with Crippen molar-refractivity contribution in [2.45, 2.75) is 87.6 Å². The first kappa shape index (κ1) is 24.9. The number of carbonyl (C=O) groups is 2. The fourth-order valence-electron chi connectivity index (χ4n) is 7.42. The van der Waals surface area contributed by atoms with Crippen LogP contribution >= 0.6 is 0 Å². The number of ketones is 1. The summed E-state index contributed by atoms with van der Waals surface area (Å²) < 4.78 is 34.1. The van der Waals surface area contributed by atoms with Crippen LogP contribution in [0.4, 0.5) is 0 Å². The van der Waals surface area contributed by atoms with Crippen molar-refractivity contribution in [3.63, 3.8) is 0 Å². The van der Waals surface area contributed by atoms with Gasteiger partial charge in [0.25, 0.3) is 0 Å². The van der Waals surface area contributed by atoms with E-state index in [1.807, 2.05) is 18.0 Å². The fourth-order valence-corrected chi connectivity index (χ4v) is 8.27. The molecule has 9 heteroatoms. The van der Waals surface area contributed by atoms with E-state index in [9.17, 15) is 22.6 Å². The summed E-state index contributed by atoms with van der Waals surface area (Å²) in [5, 5.41) is 2.95. The minimum atomic E-state index is -4.22.